The zero-order chi connectivity index (χ0) is 16.0. The first-order valence-corrected chi connectivity index (χ1v) is 7.95. The van der Waals surface area contributed by atoms with E-state index in [0.29, 0.717) is 18.4 Å². The summed E-state index contributed by atoms with van der Waals surface area (Å²) in [5, 5.41) is 0. The van der Waals surface area contributed by atoms with Crippen LogP contribution in [0.25, 0.3) is 0 Å². The van der Waals surface area contributed by atoms with Crippen LogP contribution in [0.1, 0.15) is 46.1 Å². The van der Waals surface area contributed by atoms with Gasteiger partial charge in [-0.05, 0) is 49.4 Å². The third-order valence-corrected chi connectivity index (χ3v) is 4.07. The van der Waals surface area contributed by atoms with Crippen molar-refractivity contribution in [1.82, 2.24) is 4.90 Å². The first-order chi connectivity index (χ1) is 9.79. The normalized spacial score (nSPS) is 12.7. The van der Waals surface area contributed by atoms with E-state index in [1.54, 1.807) is 12.1 Å². The number of hydrogen-bond donors (Lipinski definition) is 1. The molecule has 21 heavy (non-hydrogen) atoms. The molecule has 0 spiro atoms. The number of halogens is 1. The lowest BCUT2D eigenvalue weighted by Crippen LogP contribution is -2.53. The van der Waals surface area contributed by atoms with Gasteiger partial charge in [0.05, 0.1) is 0 Å². The maximum absolute atomic E-state index is 13.4. The van der Waals surface area contributed by atoms with E-state index in [0.717, 1.165) is 24.9 Å². The Balaban J connectivity index is 2.95. The Morgan fingerprint density at radius 1 is 1.14 bits per heavy atom. The van der Waals surface area contributed by atoms with Crippen molar-refractivity contribution in [2.24, 2.45) is 17.6 Å². The third kappa shape index (κ3) is 5.40. The van der Waals surface area contributed by atoms with Gasteiger partial charge in [0.2, 0.25) is 0 Å². The molecular formula is C18H31FN2. The molecule has 0 saturated carbocycles. The van der Waals surface area contributed by atoms with Crippen LogP contribution < -0.4 is 5.73 Å². The predicted molar refractivity (Wildman–Crippen MR) is 88.6 cm³/mol. The molecule has 0 atom stereocenters. The van der Waals surface area contributed by atoms with E-state index in [2.05, 4.69) is 39.6 Å². The van der Waals surface area contributed by atoms with Gasteiger partial charge in [-0.15, -0.1) is 0 Å². The monoisotopic (exact) mass is 294 g/mol. The predicted octanol–water partition coefficient (Wildman–Crippen LogP) is 4.05. The average Bonchev–Trinajstić information content (AvgIpc) is 2.36. The second-order valence-corrected chi connectivity index (χ2v) is 7.11. The summed E-state index contributed by atoms with van der Waals surface area (Å²) in [5.74, 6) is 0.997. The summed E-state index contributed by atoms with van der Waals surface area (Å²) in [6.45, 7) is 10.3. The zero-order valence-electron chi connectivity index (χ0n) is 14.2. The van der Waals surface area contributed by atoms with Crippen molar-refractivity contribution in [3.63, 3.8) is 0 Å². The minimum absolute atomic E-state index is 0.0192. The Labute approximate surface area is 129 Å². The van der Waals surface area contributed by atoms with Crippen molar-refractivity contribution in [3.8, 4) is 0 Å². The molecule has 0 aliphatic heterocycles. The van der Waals surface area contributed by atoms with E-state index in [1.807, 2.05) is 6.07 Å². The molecule has 120 valence electrons. The van der Waals surface area contributed by atoms with Gasteiger partial charge in [0.15, 0.2) is 0 Å². The summed E-state index contributed by atoms with van der Waals surface area (Å²) in [4.78, 5) is 2.32. The van der Waals surface area contributed by atoms with Crippen LogP contribution in [0.15, 0.2) is 24.3 Å². The Bertz CT molecular complexity index is 419. The number of likely N-dealkylation sites (N-methyl/N-ethyl adjacent to an activating group) is 1. The molecule has 0 amide bonds. The maximum atomic E-state index is 13.4. The van der Waals surface area contributed by atoms with E-state index in [1.165, 1.54) is 6.07 Å². The van der Waals surface area contributed by atoms with Gasteiger partial charge in [-0.25, -0.2) is 4.39 Å². The van der Waals surface area contributed by atoms with Crippen LogP contribution in [0, 0.1) is 17.7 Å². The lowest BCUT2D eigenvalue weighted by atomic mass is 9.80. The Morgan fingerprint density at radius 2 is 1.71 bits per heavy atom. The largest absolute Gasteiger partial charge is 0.329 e. The summed E-state index contributed by atoms with van der Waals surface area (Å²) in [7, 11) is 2.11. The molecular weight excluding hydrogens is 263 g/mol. The van der Waals surface area contributed by atoms with E-state index >= 15 is 0 Å². The van der Waals surface area contributed by atoms with Crippen molar-refractivity contribution in [2.75, 3.05) is 13.6 Å². The minimum atomic E-state index is -0.174. The molecule has 1 aromatic carbocycles. The molecule has 3 heteroatoms. The molecule has 0 unspecified atom stereocenters. The van der Waals surface area contributed by atoms with Crippen LogP contribution in [-0.2, 0) is 6.54 Å². The zero-order valence-corrected chi connectivity index (χ0v) is 14.2. The molecule has 0 aliphatic carbocycles. The van der Waals surface area contributed by atoms with Gasteiger partial charge in [0, 0.05) is 18.6 Å². The van der Waals surface area contributed by atoms with Crippen LogP contribution in [0.4, 0.5) is 4.39 Å². The van der Waals surface area contributed by atoms with Gasteiger partial charge in [-0.1, -0.05) is 39.8 Å². The van der Waals surface area contributed by atoms with Crippen LogP contribution in [0.5, 0.6) is 0 Å². The Morgan fingerprint density at radius 3 is 2.14 bits per heavy atom. The van der Waals surface area contributed by atoms with Gasteiger partial charge < -0.3 is 5.73 Å². The van der Waals surface area contributed by atoms with E-state index in [9.17, 15) is 4.39 Å². The molecule has 0 aromatic heterocycles. The standard InChI is InChI=1S/C18H31FN2/c1-14(2)10-18(13-20,11-15(3)4)21(5)12-16-7-6-8-17(19)9-16/h6-9,14-15H,10-13,20H2,1-5H3. The number of rotatable bonds is 8. The van der Waals surface area contributed by atoms with Gasteiger partial charge in [-0.2, -0.15) is 0 Å². The molecule has 0 fully saturated rings. The lowest BCUT2D eigenvalue weighted by Gasteiger charge is -2.44. The fourth-order valence-electron chi connectivity index (χ4n) is 3.31. The van der Waals surface area contributed by atoms with Crippen LogP contribution in [0.2, 0.25) is 0 Å². The molecule has 1 aromatic rings. The average molecular weight is 294 g/mol. The Hall–Kier alpha value is -0.930. The van der Waals surface area contributed by atoms with E-state index in [4.69, 9.17) is 5.73 Å². The first kappa shape index (κ1) is 18.1. The fraction of sp³-hybridized carbons (Fsp3) is 0.667. The van der Waals surface area contributed by atoms with Gasteiger partial charge in [-0.3, -0.25) is 4.90 Å². The number of benzene rings is 1. The molecule has 0 radical (unpaired) electrons. The minimum Gasteiger partial charge on any atom is -0.329 e. The molecule has 0 bridgehead atoms. The van der Waals surface area contributed by atoms with Crippen LogP contribution >= 0.6 is 0 Å². The third-order valence-electron chi connectivity index (χ3n) is 4.07. The lowest BCUT2D eigenvalue weighted by molar-refractivity contribution is 0.0713. The summed E-state index contributed by atoms with van der Waals surface area (Å²) >= 11 is 0. The van der Waals surface area contributed by atoms with Gasteiger partial charge in [0.25, 0.3) is 0 Å². The molecule has 0 heterocycles. The van der Waals surface area contributed by atoms with Gasteiger partial charge in [0.1, 0.15) is 5.82 Å². The smallest absolute Gasteiger partial charge is 0.123 e. The van der Waals surface area contributed by atoms with Crippen molar-refractivity contribution in [1.29, 1.82) is 0 Å². The number of nitrogens with two attached hydrogens (primary N) is 1. The highest BCUT2D eigenvalue weighted by Crippen LogP contribution is 2.30. The summed E-state index contributed by atoms with van der Waals surface area (Å²) in [5.41, 5.74) is 7.16. The second-order valence-electron chi connectivity index (χ2n) is 7.11. The molecule has 1 rings (SSSR count). The highest BCUT2D eigenvalue weighted by atomic mass is 19.1. The fourth-order valence-corrected chi connectivity index (χ4v) is 3.31. The Kier molecular flexibility index (Phi) is 6.82. The van der Waals surface area contributed by atoms with Crippen molar-refractivity contribution >= 4 is 0 Å². The summed E-state index contributed by atoms with van der Waals surface area (Å²) in [6, 6.07) is 6.85. The molecule has 0 aliphatic rings. The SMILES string of the molecule is CC(C)CC(CN)(CC(C)C)N(C)Cc1cccc(F)c1. The molecule has 0 saturated heterocycles. The number of hydrogen-bond acceptors (Lipinski definition) is 2. The van der Waals surface area contributed by atoms with Crippen LogP contribution in [-0.4, -0.2) is 24.0 Å². The van der Waals surface area contributed by atoms with Crippen molar-refractivity contribution in [2.45, 2.75) is 52.6 Å². The van der Waals surface area contributed by atoms with Gasteiger partial charge >= 0.3 is 0 Å². The maximum Gasteiger partial charge on any atom is 0.123 e. The molecule has 2 nitrogen and oxygen atoms in total. The molecule has 2 N–H and O–H groups in total. The number of nitrogens with zero attached hydrogens (tertiary/aromatic N) is 1. The van der Waals surface area contributed by atoms with Crippen molar-refractivity contribution < 1.29 is 4.39 Å². The second kappa shape index (κ2) is 7.90. The van der Waals surface area contributed by atoms with E-state index in [-0.39, 0.29) is 11.4 Å². The van der Waals surface area contributed by atoms with Crippen molar-refractivity contribution in [3.05, 3.63) is 35.6 Å². The quantitative estimate of drug-likeness (QED) is 0.784. The van der Waals surface area contributed by atoms with E-state index < -0.39 is 0 Å². The topological polar surface area (TPSA) is 29.3 Å². The highest BCUT2D eigenvalue weighted by Gasteiger charge is 2.34. The van der Waals surface area contributed by atoms with Crippen LogP contribution in [0.3, 0.4) is 0 Å². The highest BCUT2D eigenvalue weighted by molar-refractivity contribution is 5.16. The summed E-state index contributed by atoms with van der Waals surface area (Å²) < 4.78 is 13.4. The summed E-state index contributed by atoms with van der Waals surface area (Å²) in [6.07, 6.45) is 2.13. The first-order valence-electron chi connectivity index (χ1n) is 7.95.